The molecular formula is C11H12N6. The van der Waals surface area contributed by atoms with E-state index in [1.54, 1.807) is 10.7 Å². The van der Waals surface area contributed by atoms with E-state index in [0.29, 0.717) is 17.9 Å². The van der Waals surface area contributed by atoms with Crippen molar-refractivity contribution in [3.63, 3.8) is 0 Å². The van der Waals surface area contributed by atoms with Crippen molar-refractivity contribution in [1.29, 1.82) is 5.26 Å². The van der Waals surface area contributed by atoms with Gasteiger partial charge in [0.05, 0.1) is 18.0 Å². The summed E-state index contributed by atoms with van der Waals surface area (Å²) in [4.78, 5) is 0. The van der Waals surface area contributed by atoms with Crippen molar-refractivity contribution < 1.29 is 0 Å². The van der Waals surface area contributed by atoms with Crippen molar-refractivity contribution in [2.24, 2.45) is 7.05 Å². The van der Waals surface area contributed by atoms with Gasteiger partial charge < -0.3 is 5.32 Å². The third kappa shape index (κ3) is 2.78. The lowest BCUT2D eigenvalue weighted by Crippen LogP contribution is -2.08. The molecule has 2 heterocycles. The van der Waals surface area contributed by atoms with Gasteiger partial charge >= 0.3 is 0 Å². The van der Waals surface area contributed by atoms with E-state index in [1.165, 1.54) is 6.20 Å². The molecule has 6 nitrogen and oxygen atoms in total. The fourth-order valence-electron chi connectivity index (χ4n) is 1.48. The van der Waals surface area contributed by atoms with Gasteiger partial charge in [0.2, 0.25) is 0 Å². The van der Waals surface area contributed by atoms with E-state index in [0.717, 1.165) is 12.0 Å². The molecule has 0 unspecified atom stereocenters. The van der Waals surface area contributed by atoms with Crippen LogP contribution in [0.1, 0.15) is 11.1 Å². The standard InChI is InChI=1S/C11H12N6/c1-17-8-9(7-15-17)2-4-13-11-10(6-12)3-5-14-16-11/h3,5,7-8H,2,4H2,1H3,(H,13,16). The van der Waals surface area contributed by atoms with Crippen LogP contribution in [0.2, 0.25) is 0 Å². The Hall–Kier alpha value is -2.42. The number of hydrogen-bond donors (Lipinski definition) is 1. The first-order valence-electron chi connectivity index (χ1n) is 5.23. The molecule has 2 rings (SSSR count). The topological polar surface area (TPSA) is 79.4 Å². The molecule has 2 aromatic heterocycles. The molecule has 0 aromatic carbocycles. The van der Waals surface area contributed by atoms with Crippen LogP contribution in [0, 0.1) is 11.3 Å². The van der Waals surface area contributed by atoms with Crippen LogP contribution in [-0.4, -0.2) is 26.5 Å². The molecule has 0 amide bonds. The van der Waals surface area contributed by atoms with Gasteiger partial charge in [-0.05, 0) is 18.1 Å². The first-order chi connectivity index (χ1) is 8.29. The van der Waals surface area contributed by atoms with Crippen LogP contribution in [0.3, 0.4) is 0 Å². The van der Waals surface area contributed by atoms with Crippen LogP contribution in [0.25, 0.3) is 0 Å². The molecule has 0 aliphatic heterocycles. The van der Waals surface area contributed by atoms with Crippen LogP contribution in [0.5, 0.6) is 0 Å². The summed E-state index contributed by atoms with van der Waals surface area (Å²) >= 11 is 0. The van der Waals surface area contributed by atoms with Gasteiger partial charge in [0.15, 0.2) is 5.82 Å². The zero-order valence-corrected chi connectivity index (χ0v) is 9.46. The SMILES string of the molecule is Cn1cc(CCNc2nnccc2C#N)cn1. The number of aryl methyl sites for hydroxylation is 1. The molecule has 17 heavy (non-hydrogen) atoms. The zero-order chi connectivity index (χ0) is 12.1. The Morgan fingerprint density at radius 2 is 2.41 bits per heavy atom. The Morgan fingerprint density at radius 3 is 3.12 bits per heavy atom. The molecule has 6 heteroatoms. The highest BCUT2D eigenvalue weighted by Gasteiger charge is 2.02. The van der Waals surface area contributed by atoms with Crippen molar-refractivity contribution in [1.82, 2.24) is 20.0 Å². The van der Waals surface area contributed by atoms with Gasteiger partial charge in [-0.3, -0.25) is 4.68 Å². The number of hydrogen-bond acceptors (Lipinski definition) is 5. The minimum atomic E-state index is 0.506. The van der Waals surface area contributed by atoms with E-state index in [4.69, 9.17) is 5.26 Å². The lowest BCUT2D eigenvalue weighted by atomic mass is 10.2. The van der Waals surface area contributed by atoms with E-state index in [1.807, 2.05) is 19.4 Å². The first kappa shape index (κ1) is 11.1. The third-order valence-electron chi connectivity index (χ3n) is 2.31. The average Bonchev–Trinajstić information content (AvgIpc) is 2.76. The van der Waals surface area contributed by atoms with Crippen LogP contribution >= 0.6 is 0 Å². The molecule has 0 bridgehead atoms. The van der Waals surface area contributed by atoms with Crippen LogP contribution < -0.4 is 5.32 Å². The largest absolute Gasteiger partial charge is 0.367 e. The summed E-state index contributed by atoms with van der Waals surface area (Å²) in [6.45, 7) is 0.694. The molecule has 0 atom stereocenters. The van der Waals surface area contributed by atoms with E-state index < -0.39 is 0 Å². The van der Waals surface area contributed by atoms with E-state index in [9.17, 15) is 0 Å². The zero-order valence-electron chi connectivity index (χ0n) is 9.46. The maximum absolute atomic E-state index is 8.87. The maximum Gasteiger partial charge on any atom is 0.166 e. The summed E-state index contributed by atoms with van der Waals surface area (Å²) in [5.74, 6) is 0.527. The highest BCUT2D eigenvalue weighted by molar-refractivity contribution is 5.50. The lowest BCUT2D eigenvalue weighted by Gasteiger charge is -2.04. The van der Waals surface area contributed by atoms with Crippen LogP contribution in [0.4, 0.5) is 5.82 Å². The molecule has 1 N–H and O–H groups in total. The van der Waals surface area contributed by atoms with Gasteiger partial charge in [-0.2, -0.15) is 15.5 Å². The molecule has 0 saturated heterocycles. The summed E-state index contributed by atoms with van der Waals surface area (Å²) in [7, 11) is 1.88. The Balaban J connectivity index is 1.92. The molecular weight excluding hydrogens is 216 g/mol. The van der Waals surface area contributed by atoms with Gasteiger partial charge in [-0.1, -0.05) is 0 Å². The maximum atomic E-state index is 8.87. The van der Waals surface area contributed by atoms with Crippen LogP contribution in [-0.2, 0) is 13.5 Å². The minimum Gasteiger partial charge on any atom is -0.367 e. The molecule has 0 saturated carbocycles. The Labute approximate surface area is 98.9 Å². The summed E-state index contributed by atoms with van der Waals surface area (Å²) in [6.07, 6.45) is 6.12. The van der Waals surface area contributed by atoms with Crippen molar-refractivity contribution in [2.45, 2.75) is 6.42 Å². The molecule has 2 aromatic rings. The van der Waals surface area contributed by atoms with Gasteiger partial charge in [0.25, 0.3) is 0 Å². The Kier molecular flexibility index (Phi) is 3.31. The number of nitriles is 1. The van der Waals surface area contributed by atoms with Gasteiger partial charge in [0, 0.05) is 19.8 Å². The fraction of sp³-hybridized carbons (Fsp3) is 0.273. The fourth-order valence-corrected chi connectivity index (χ4v) is 1.48. The molecule has 0 aliphatic carbocycles. The quantitative estimate of drug-likeness (QED) is 0.834. The molecule has 86 valence electrons. The summed E-state index contributed by atoms with van der Waals surface area (Å²) < 4.78 is 1.76. The monoisotopic (exact) mass is 228 g/mol. The van der Waals surface area contributed by atoms with Gasteiger partial charge in [-0.25, -0.2) is 0 Å². The van der Waals surface area contributed by atoms with Crippen molar-refractivity contribution in [3.05, 3.63) is 35.8 Å². The second-order valence-electron chi connectivity index (χ2n) is 3.60. The Bertz CT molecular complexity index is 539. The molecule has 0 radical (unpaired) electrons. The summed E-state index contributed by atoms with van der Waals surface area (Å²) in [5.41, 5.74) is 1.65. The second-order valence-corrected chi connectivity index (χ2v) is 3.60. The predicted molar refractivity (Wildman–Crippen MR) is 62.1 cm³/mol. The van der Waals surface area contributed by atoms with Crippen molar-refractivity contribution in [2.75, 3.05) is 11.9 Å². The number of nitrogens with zero attached hydrogens (tertiary/aromatic N) is 5. The second kappa shape index (κ2) is 5.07. The van der Waals surface area contributed by atoms with E-state index in [2.05, 4.69) is 26.7 Å². The third-order valence-corrected chi connectivity index (χ3v) is 2.31. The minimum absolute atomic E-state index is 0.506. The number of anilines is 1. The first-order valence-corrected chi connectivity index (χ1v) is 5.23. The van der Waals surface area contributed by atoms with Gasteiger partial charge in [-0.15, -0.1) is 5.10 Å². The number of rotatable bonds is 4. The Morgan fingerprint density at radius 1 is 1.53 bits per heavy atom. The highest BCUT2D eigenvalue weighted by Crippen LogP contribution is 2.08. The molecule has 0 fully saturated rings. The smallest absolute Gasteiger partial charge is 0.166 e. The molecule has 0 spiro atoms. The lowest BCUT2D eigenvalue weighted by molar-refractivity contribution is 0.766. The van der Waals surface area contributed by atoms with Crippen molar-refractivity contribution in [3.8, 4) is 6.07 Å². The normalized spacial score (nSPS) is 9.88. The predicted octanol–water partition coefficient (Wildman–Crippen LogP) is 0.736. The summed E-state index contributed by atoms with van der Waals surface area (Å²) in [5, 5.41) is 23.7. The number of aromatic nitrogens is 4. The van der Waals surface area contributed by atoms with Crippen LogP contribution in [0.15, 0.2) is 24.7 Å². The highest BCUT2D eigenvalue weighted by atomic mass is 15.2. The average molecular weight is 228 g/mol. The van der Waals surface area contributed by atoms with Crippen molar-refractivity contribution >= 4 is 5.82 Å². The van der Waals surface area contributed by atoms with Gasteiger partial charge in [0.1, 0.15) is 6.07 Å². The van der Waals surface area contributed by atoms with E-state index >= 15 is 0 Å². The van der Waals surface area contributed by atoms with E-state index in [-0.39, 0.29) is 0 Å². The number of nitrogens with one attached hydrogen (secondary N) is 1. The molecule has 0 aliphatic rings. The summed E-state index contributed by atoms with van der Waals surface area (Å²) in [6, 6.07) is 3.71.